The standard InChI is InChI=1S/C20H27N3O3/c1-6-26-19(24)18-14(3)22-20(23-15(18)4)21-11-7-8-16-12-17(25-5)10-9-13(16)2/h9-10,12H,6-8,11H2,1-5H3,(H,21,22,23). The molecule has 6 heteroatoms. The monoisotopic (exact) mass is 357 g/mol. The molecule has 2 aromatic rings. The van der Waals surface area contributed by atoms with Gasteiger partial charge in [0, 0.05) is 6.54 Å². The first-order valence-electron chi connectivity index (χ1n) is 8.86. The molecule has 0 spiro atoms. The van der Waals surface area contributed by atoms with E-state index in [2.05, 4.69) is 34.3 Å². The van der Waals surface area contributed by atoms with E-state index in [1.807, 2.05) is 6.07 Å². The summed E-state index contributed by atoms with van der Waals surface area (Å²) in [5.74, 6) is 1.04. The Hall–Kier alpha value is -2.63. The maximum absolute atomic E-state index is 12.0. The van der Waals surface area contributed by atoms with Crippen molar-refractivity contribution >= 4 is 11.9 Å². The second-order valence-electron chi connectivity index (χ2n) is 6.14. The van der Waals surface area contributed by atoms with Crippen LogP contribution in [0.2, 0.25) is 0 Å². The van der Waals surface area contributed by atoms with Crippen LogP contribution in [0.4, 0.5) is 5.95 Å². The van der Waals surface area contributed by atoms with E-state index >= 15 is 0 Å². The summed E-state index contributed by atoms with van der Waals surface area (Å²) >= 11 is 0. The molecule has 1 aromatic heterocycles. The number of nitrogens with zero attached hydrogens (tertiary/aromatic N) is 2. The van der Waals surface area contributed by atoms with Gasteiger partial charge in [-0.1, -0.05) is 6.07 Å². The molecule has 1 N–H and O–H groups in total. The van der Waals surface area contributed by atoms with Crippen LogP contribution >= 0.6 is 0 Å². The highest BCUT2D eigenvalue weighted by molar-refractivity contribution is 5.91. The van der Waals surface area contributed by atoms with Gasteiger partial charge < -0.3 is 14.8 Å². The summed E-state index contributed by atoms with van der Waals surface area (Å²) in [7, 11) is 1.68. The molecule has 0 bridgehead atoms. The highest BCUT2D eigenvalue weighted by atomic mass is 16.5. The summed E-state index contributed by atoms with van der Waals surface area (Å²) in [6.07, 6.45) is 1.88. The molecule has 0 radical (unpaired) electrons. The molecule has 0 aliphatic heterocycles. The van der Waals surface area contributed by atoms with E-state index in [1.54, 1.807) is 27.9 Å². The minimum absolute atomic E-state index is 0.335. The lowest BCUT2D eigenvalue weighted by Gasteiger charge is -2.12. The van der Waals surface area contributed by atoms with Gasteiger partial charge in [0.15, 0.2) is 0 Å². The number of benzene rings is 1. The third-order valence-corrected chi connectivity index (χ3v) is 4.21. The predicted molar refractivity (Wildman–Crippen MR) is 102 cm³/mol. The summed E-state index contributed by atoms with van der Waals surface area (Å²) < 4.78 is 10.3. The summed E-state index contributed by atoms with van der Waals surface area (Å²) in [6, 6.07) is 6.13. The SMILES string of the molecule is CCOC(=O)c1c(C)nc(NCCCc2cc(OC)ccc2C)nc1C. The second kappa shape index (κ2) is 9.17. The Morgan fingerprint density at radius 3 is 2.46 bits per heavy atom. The molecule has 0 saturated carbocycles. The third-order valence-electron chi connectivity index (χ3n) is 4.21. The van der Waals surface area contributed by atoms with Gasteiger partial charge in [0.1, 0.15) is 11.3 Å². The fourth-order valence-corrected chi connectivity index (χ4v) is 2.82. The number of hydrogen-bond acceptors (Lipinski definition) is 6. The van der Waals surface area contributed by atoms with Crippen LogP contribution in [-0.4, -0.2) is 36.2 Å². The Labute approximate surface area is 155 Å². The summed E-state index contributed by atoms with van der Waals surface area (Å²) in [5, 5.41) is 3.24. The lowest BCUT2D eigenvalue weighted by Crippen LogP contribution is -2.14. The molecule has 0 saturated heterocycles. The van der Waals surface area contributed by atoms with E-state index in [4.69, 9.17) is 9.47 Å². The summed E-state index contributed by atoms with van der Waals surface area (Å²) in [6.45, 7) is 8.56. The highest BCUT2D eigenvalue weighted by Gasteiger charge is 2.16. The molecule has 0 unspecified atom stereocenters. The molecule has 1 aromatic carbocycles. The third kappa shape index (κ3) is 4.94. The van der Waals surface area contributed by atoms with Crippen molar-refractivity contribution in [3.05, 3.63) is 46.3 Å². The van der Waals surface area contributed by atoms with Crippen LogP contribution in [0.1, 0.15) is 46.2 Å². The van der Waals surface area contributed by atoms with Crippen molar-refractivity contribution in [2.75, 3.05) is 25.6 Å². The van der Waals surface area contributed by atoms with E-state index < -0.39 is 0 Å². The van der Waals surface area contributed by atoms with Crippen molar-refractivity contribution in [2.45, 2.75) is 40.5 Å². The molecule has 6 nitrogen and oxygen atoms in total. The predicted octanol–water partition coefficient (Wildman–Crippen LogP) is 3.63. The maximum Gasteiger partial charge on any atom is 0.341 e. The normalized spacial score (nSPS) is 10.5. The first-order chi connectivity index (χ1) is 12.5. The molecule has 1 heterocycles. The zero-order valence-corrected chi connectivity index (χ0v) is 16.2. The minimum Gasteiger partial charge on any atom is -0.497 e. The molecular weight excluding hydrogens is 330 g/mol. The van der Waals surface area contributed by atoms with Gasteiger partial charge in [-0.2, -0.15) is 0 Å². The van der Waals surface area contributed by atoms with Gasteiger partial charge >= 0.3 is 5.97 Å². The lowest BCUT2D eigenvalue weighted by atomic mass is 10.0. The van der Waals surface area contributed by atoms with Gasteiger partial charge in [-0.05, 0) is 63.8 Å². The Bertz CT molecular complexity index is 752. The Balaban J connectivity index is 1.95. The van der Waals surface area contributed by atoms with Crippen LogP contribution in [-0.2, 0) is 11.2 Å². The lowest BCUT2D eigenvalue weighted by molar-refractivity contribution is 0.0523. The quantitative estimate of drug-likeness (QED) is 0.574. The van der Waals surface area contributed by atoms with Crippen molar-refractivity contribution in [2.24, 2.45) is 0 Å². The second-order valence-corrected chi connectivity index (χ2v) is 6.14. The van der Waals surface area contributed by atoms with E-state index in [9.17, 15) is 4.79 Å². The topological polar surface area (TPSA) is 73.3 Å². The molecule has 2 rings (SSSR count). The van der Waals surface area contributed by atoms with Crippen molar-refractivity contribution in [3.63, 3.8) is 0 Å². The molecule has 0 atom stereocenters. The fourth-order valence-electron chi connectivity index (χ4n) is 2.82. The average Bonchev–Trinajstić information content (AvgIpc) is 2.59. The van der Waals surface area contributed by atoms with Gasteiger partial charge in [0.05, 0.1) is 25.1 Å². The molecule has 26 heavy (non-hydrogen) atoms. The number of rotatable bonds is 8. The number of ether oxygens (including phenoxy) is 2. The van der Waals surface area contributed by atoms with E-state index in [0.717, 1.165) is 25.1 Å². The van der Waals surface area contributed by atoms with Crippen LogP contribution in [0.25, 0.3) is 0 Å². The molecule has 0 fully saturated rings. The van der Waals surface area contributed by atoms with E-state index in [-0.39, 0.29) is 5.97 Å². The van der Waals surface area contributed by atoms with Gasteiger partial charge in [0.2, 0.25) is 5.95 Å². The van der Waals surface area contributed by atoms with E-state index in [1.165, 1.54) is 11.1 Å². The zero-order valence-electron chi connectivity index (χ0n) is 16.2. The number of carbonyl (C=O) groups is 1. The zero-order chi connectivity index (χ0) is 19.1. The molecule has 0 aliphatic rings. The van der Waals surface area contributed by atoms with Crippen LogP contribution in [0.3, 0.4) is 0 Å². The first kappa shape index (κ1) is 19.7. The smallest absolute Gasteiger partial charge is 0.341 e. The summed E-state index contributed by atoms with van der Waals surface area (Å²) in [4.78, 5) is 20.7. The van der Waals surface area contributed by atoms with Crippen molar-refractivity contribution in [1.82, 2.24) is 9.97 Å². The number of methoxy groups -OCH3 is 1. The van der Waals surface area contributed by atoms with Gasteiger partial charge in [-0.15, -0.1) is 0 Å². The number of aromatic nitrogens is 2. The van der Waals surface area contributed by atoms with Crippen LogP contribution in [0.5, 0.6) is 5.75 Å². The fraction of sp³-hybridized carbons (Fsp3) is 0.450. The van der Waals surface area contributed by atoms with E-state index in [0.29, 0.717) is 29.5 Å². The number of aryl methyl sites for hydroxylation is 4. The van der Waals surface area contributed by atoms with Crippen LogP contribution < -0.4 is 10.1 Å². The van der Waals surface area contributed by atoms with Crippen molar-refractivity contribution in [3.8, 4) is 5.75 Å². The van der Waals surface area contributed by atoms with Crippen molar-refractivity contribution < 1.29 is 14.3 Å². The first-order valence-corrected chi connectivity index (χ1v) is 8.86. The number of anilines is 1. The number of carbonyl (C=O) groups excluding carboxylic acids is 1. The molecule has 140 valence electrons. The van der Waals surface area contributed by atoms with Crippen LogP contribution in [0.15, 0.2) is 18.2 Å². The van der Waals surface area contributed by atoms with Gasteiger partial charge in [-0.3, -0.25) is 0 Å². The highest BCUT2D eigenvalue weighted by Crippen LogP contribution is 2.19. The Morgan fingerprint density at radius 1 is 1.15 bits per heavy atom. The van der Waals surface area contributed by atoms with Crippen LogP contribution in [0, 0.1) is 20.8 Å². The minimum atomic E-state index is -0.373. The average molecular weight is 357 g/mol. The maximum atomic E-state index is 12.0. The van der Waals surface area contributed by atoms with Crippen molar-refractivity contribution in [1.29, 1.82) is 0 Å². The Kier molecular flexibility index (Phi) is 6.95. The molecular formula is C20H27N3O3. The molecule has 0 aliphatic carbocycles. The Morgan fingerprint density at radius 2 is 1.85 bits per heavy atom. The van der Waals surface area contributed by atoms with Gasteiger partial charge in [-0.25, -0.2) is 14.8 Å². The number of esters is 1. The largest absolute Gasteiger partial charge is 0.497 e. The summed E-state index contributed by atoms with van der Waals surface area (Å²) in [5.41, 5.74) is 4.23. The number of hydrogen-bond donors (Lipinski definition) is 1. The molecule has 0 amide bonds. The van der Waals surface area contributed by atoms with Gasteiger partial charge in [0.25, 0.3) is 0 Å². The number of nitrogens with one attached hydrogen (secondary N) is 1.